The summed E-state index contributed by atoms with van der Waals surface area (Å²) in [5, 5.41) is 9.86. The van der Waals surface area contributed by atoms with E-state index in [1.807, 2.05) is 0 Å². The van der Waals surface area contributed by atoms with Crippen LogP contribution in [0.5, 0.6) is 17.2 Å². The molecule has 0 atom stereocenters. The normalized spacial score (nSPS) is 11.2. The number of para-hydroxylation sites is 1. The molecule has 2 aromatic carbocycles. The van der Waals surface area contributed by atoms with Gasteiger partial charge in [-0.15, -0.1) is 13.2 Å². The lowest BCUT2D eigenvalue weighted by Crippen LogP contribution is -2.16. The zero-order chi connectivity index (χ0) is 14.8. The highest BCUT2D eigenvalue weighted by molar-refractivity contribution is 5.76. The van der Waals surface area contributed by atoms with Crippen LogP contribution >= 0.6 is 0 Å². The van der Waals surface area contributed by atoms with Gasteiger partial charge in [-0.2, -0.15) is 0 Å². The zero-order valence-electron chi connectivity index (χ0n) is 10.4. The summed E-state index contributed by atoms with van der Waals surface area (Å²) in [6.45, 7) is 0. The van der Waals surface area contributed by atoms with E-state index in [-0.39, 0.29) is 5.75 Å². The molecule has 0 aromatic heterocycles. The molecule has 0 saturated carbocycles. The molecule has 2 rings (SSSR count). The maximum Gasteiger partial charge on any atom is 0.573 e. The third-order valence-corrected chi connectivity index (χ3v) is 2.60. The fraction of sp³-hybridized carbons (Fsp3) is 0.143. The van der Waals surface area contributed by atoms with Crippen LogP contribution in [0.25, 0.3) is 11.1 Å². The van der Waals surface area contributed by atoms with Crippen LogP contribution in [-0.4, -0.2) is 18.6 Å². The molecule has 0 aliphatic rings. The maximum absolute atomic E-state index is 12.1. The highest BCUT2D eigenvalue weighted by atomic mass is 19.4. The fourth-order valence-electron chi connectivity index (χ4n) is 1.80. The van der Waals surface area contributed by atoms with Crippen LogP contribution in [0.15, 0.2) is 42.5 Å². The van der Waals surface area contributed by atoms with Crippen molar-refractivity contribution in [3.05, 3.63) is 42.5 Å². The van der Waals surface area contributed by atoms with Gasteiger partial charge >= 0.3 is 6.36 Å². The van der Waals surface area contributed by atoms with Gasteiger partial charge in [-0.25, -0.2) is 0 Å². The maximum atomic E-state index is 12.1. The average molecular weight is 284 g/mol. The molecule has 0 amide bonds. The summed E-state index contributed by atoms with van der Waals surface area (Å²) in [7, 11) is 1.47. The SMILES string of the molecule is COc1ccccc1-c1ccc(OC(F)(F)F)cc1O. The first-order valence-electron chi connectivity index (χ1n) is 5.63. The van der Waals surface area contributed by atoms with Gasteiger partial charge in [0.2, 0.25) is 0 Å². The Morgan fingerprint density at radius 3 is 2.30 bits per heavy atom. The van der Waals surface area contributed by atoms with Crippen LogP contribution in [0.1, 0.15) is 0 Å². The molecule has 0 bridgehead atoms. The number of phenolic OH excluding ortho intramolecular Hbond substituents is 1. The Morgan fingerprint density at radius 2 is 1.70 bits per heavy atom. The lowest BCUT2D eigenvalue weighted by molar-refractivity contribution is -0.274. The summed E-state index contributed by atoms with van der Waals surface area (Å²) >= 11 is 0. The molecule has 2 aromatic rings. The van der Waals surface area contributed by atoms with E-state index in [1.165, 1.54) is 13.2 Å². The number of methoxy groups -OCH3 is 1. The first kappa shape index (κ1) is 14.0. The molecule has 0 saturated heterocycles. The third kappa shape index (κ3) is 3.14. The molecule has 20 heavy (non-hydrogen) atoms. The quantitative estimate of drug-likeness (QED) is 0.927. The molecular weight excluding hydrogens is 273 g/mol. The van der Waals surface area contributed by atoms with Gasteiger partial charge in [0.1, 0.15) is 17.2 Å². The summed E-state index contributed by atoms with van der Waals surface area (Å²) in [5.41, 5.74) is 0.933. The minimum Gasteiger partial charge on any atom is -0.507 e. The average Bonchev–Trinajstić information content (AvgIpc) is 2.37. The summed E-state index contributed by atoms with van der Waals surface area (Å²) in [6.07, 6.45) is -4.79. The van der Waals surface area contributed by atoms with Gasteiger partial charge in [-0.05, 0) is 18.2 Å². The Morgan fingerprint density at radius 1 is 1.00 bits per heavy atom. The van der Waals surface area contributed by atoms with Crippen molar-refractivity contribution in [3.63, 3.8) is 0 Å². The molecule has 6 heteroatoms. The van der Waals surface area contributed by atoms with Crippen molar-refractivity contribution in [2.45, 2.75) is 6.36 Å². The van der Waals surface area contributed by atoms with Gasteiger partial charge < -0.3 is 14.6 Å². The molecular formula is C14H11F3O3. The Kier molecular flexibility index (Phi) is 3.74. The van der Waals surface area contributed by atoms with Gasteiger partial charge in [-0.3, -0.25) is 0 Å². The second kappa shape index (κ2) is 5.32. The van der Waals surface area contributed by atoms with Crippen LogP contribution in [0.3, 0.4) is 0 Å². The van der Waals surface area contributed by atoms with Crippen LogP contribution < -0.4 is 9.47 Å². The van der Waals surface area contributed by atoms with Crippen molar-refractivity contribution in [1.82, 2.24) is 0 Å². The van der Waals surface area contributed by atoms with Crippen molar-refractivity contribution < 1.29 is 27.8 Å². The Hall–Kier alpha value is -2.37. The highest BCUT2D eigenvalue weighted by Crippen LogP contribution is 2.38. The minimum atomic E-state index is -4.79. The predicted octanol–water partition coefficient (Wildman–Crippen LogP) is 3.97. The number of rotatable bonds is 3. The number of benzene rings is 2. The van der Waals surface area contributed by atoms with Gasteiger partial charge in [0.05, 0.1) is 7.11 Å². The Bertz CT molecular complexity index is 609. The van der Waals surface area contributed by atoms with Crippen molar-refractivity contribution in [1.29, 1.82) is 0 Å². The van der Waals surface area contributed by atoms with Crippen LogP contribution in [0, 0.1) is 0 Å². The number of hydrogen-bond acceptors (Lipinski definition) is 3. The van der Waals surface area contributed by atoms with E-state index in [0.717, 1.165) is 12.1 Å². The molecule has 0 unspecified atom stereocenters. The number of hydrogen-bond donors (Lipinski definition) is 1. The van der Waals surface area contributed by atoms with E-state index in [2.05, 4.69) is 4.74 Å². The second-order valence-corrected chi connectivity index (χ2v) is 3.93. The van der Waals surface area contributed by atoms with Crippen molar-refractivity contribution in [2.75, 3.05) is 7.11 Å². The summed E-state index contributed by atoms with van der Waals surface area (Å²) in [4.78, 5) is 0. The van der Waals surface area contributed by atoms with E-state index < -0.39 is 12.1 Å². The second-order valence-electron chi connectivity index (χ2n) is 3.93. The van der Waals surface area contributed by atoms with Crippen molar-refractivity contribution >= 4 is 0 Å². The van der Waals surface area contributed by atoms with E-state index >= 15 is 0 Å². The number of phenols is 1. The van der Waals surface area contributed by atoms with Crippen LogP contribution in [0.2, 0.25) is 0 Å². The van der Waals surface area contributed by atoms with Gasteiger partial charge in [-0.1, -0.05) is 18.2 Å². The Balaban J connectivity index is 2.39. The first-order valence-corrected chi connectivity index (χ1v) is 5.63. The van der Waals surface area contributed by atoms with Crippen molar-refractivity contribution in [2.24, 2.45) is 0 Å². The summed E-state index contributed by atoms with van der Waals surface area (Å²) in [5.74, 6) is -0.294. The zero-order valence-corrected chi connectivity index (χ0v) is 10.4. The smallest absolute Gasteiger partial charge is 0.507 e. The molecule has 0 aliphatic heterocycles. The largest absolute Gasteiger partial charge is 0.573 e. The molecule has 3 nitrogen and oxygen atoms in total. The molecule has 0 radical (unpaired) electrons. The minimum absolute atomic E-state index is 0.323. The van der Waals surface area contributed by atoms with Gasteiger partial charge in [0, 0.05) is 17.2 Å². The van der Waals surface area contributed by atoms with E-state index in [9.17, 15) is 18.3 Å². The lowest BCUT2D eigenvalue weighted by atomic mass is 10.0. The predicted molar refractivity (Wildman–Crippen MR) is 66.8 cm³/mol. The monoisotopic (exact) mass is 284 g/mol. The van der Waals surface area contributed by atoms with E-state index in [4.69, 9.17) is 4.74 Å². The highest BCUT2D eigenvalue weighted by Gasteiger charge is 2.31. The first-order chi connectivity index (χ1) is 9.40. The topological polar surface area (TPSA) is 38.7 Å². The molecule has 1 N–H and O–H groups in total. The van der Waals surface area contributed by atoms with Crippen LogP contribution in [-0.2, 0) is 0 Å². The lowest BCUT2D eigenvalue weighted by Gasteiger charge is -2.12. The molecule has 106 valence electrons. The molecule has 0 aliphatic carbocycles. The molecule has 0 spiro atoms. The fourth-order valence-corrected chi connectivity index (χ4v) is 1.80. The van der Waals surface area contributed by atoms with E-state index in [1.54, 1.807) is 24.3 Å². The summed E-state index contributed by atoms with van der Waals surface area (Å²) in [6, 6.07) is 10.3. The molecule has 0 heterocycles. The third-order valence-electron chi connectivity index (χ3n) is 2.60. The Labute approximate surface area is 113 Å². The van der Waals surface area contributed by atoms with Crippen LogP contribution in [0.4, 0.5) is 13.2 Å². The number of halogens is 3. The number of alkyl halides is 3. The summed E-state index contributed by atoms with van der Waals surface area (Å²) < 4.78 is 45.2. The number of aromatic hydroxyl groups is 1. The molecule has 0 fully saturated rings. The van der Waals surface area contributed by atoms with Gasteiger partial charge in [0.15, 0.2) is 0 Å². The van der Waals surface area contributed by atoms with Gasteiger partial charge in [0.25, 0.3) is 0 Å². The standard InChI is InChI=1S/C14H11F3O3/c1-19-13-5-3-2-4-11(13)10-7-6-9(8-12(10)18)20-14(15,16)17/h2-8,18H,1H3. The van der Waals surface area contributed by atoms with E-state index in [0.29, 0.717) is 16.9 Å². The number of ether oxygens (including phenoxy) is 2. The van der Waals surface area contributed by atoms with Crippen molar-refractivity contribution in [3.8, 4) is 28.4 Å².